The number of nitrogens with zero attached hydrogens (tertiary/aromatic N) is 1. The third-order valence-electron chi connectivity index (χ3n) is 4.76. The van der Waals surface area contributed by atoms with Crippen LogP contribution in [0.15, 0.2) is 23.0 Å². The minimum absolute atomic E-state index is 0.112. The van der Waals surface area contributed by atoms with E-state index in [0.717, 1.165) is 32.7 Å². The molecule has 116 valence electrons. The van der Waals surface area contributed by atoms with E-state index in [2.05, 4.69) is 0 Å². The van der Waals surface area contributed by atoms with Gasteiger partial charge in [-0.25, -0.2) is 0 Å². The van der Waals surface area contributed by atoms with E-state index in [-0.39, 0.29) is 5.91 Å². The van der Waals surface area contributed by atoms with Crippen molar-refractivity contribution in [2.75, 3.05) is 26.3 Å². The Morgan fingerprint density at radius 2 is 1.95 bits per heavy atom. The second-order valence-corrected chi connectivity index (χ2v) is 6.46. The first-order valence-electron chi connectivity index (χ1n) is 8.22. The summed E-state index contributed by atoms with van der Waals surface area (Å²) in [5.74, 6) is 1.27. The highest BCUT2D eigenvalue weighted by atomic mass is 16.5. The number of carbonyl (C=O) groups excluding carboxylic acids is 1. The summed E-state index contributed by atoms with van der Waals surface area (Å²) in [6.45, 7) is 3.34. The topological polar surface area (TPSA) is 42.7 Å². The number of amides is 1. The van der Waals surface area contributed by atoms with Crippen LogP contribution in [-0.2, 0) is 4.74 Å². The molecule has 1 saturated heterocycles. The lowest BCUT2D eigenvalue weighted by atomic mass is 9.88. The summed E-state index contributed by atoms with van der Waals surface area (Å²) in [6, 6.07) is 1.77. The van der Waals surface area contributed by atoms with Crippen LogP contribution < -0.4 is 0 Å². The van der Waals surface area contributed by atoms with Gasteiger partial charge in [0, 0.05) is 25.6 Å². The van der Waals surface area contributed by atoms with Crippen molar-refractivity contribution in [3.63, 3.8) is 0 Å². The zero-order valence-electron chi connectivity index (χ0n) is 12.6. The molecule has 1 aromatic rings. The van der Waals surface area contributed by atoms with Crippen LogP contribution in [0.4, 0.5) is 0 Å². The zero-order chi connectivity index (χ0) is 14.5. The molecule has 0 radical (unpaired) electrons. The van der Waals surface area contributed by atoms with Crippen LogP contribution in [-0.4, -0.2) is 37.1 Å². The summed E-state index contributed by atoms with van der Waals surface area (Å²) < 4.78 is 10.5. The second-order valence-electron chi connectivity index (χ2n) is 6.46. The van der Waals surface area contributed by atoms with Crippen molar-refractivity contribution in [1.29, 1.82) is 0 Å². The van der Waals surface area contributed by atoms with Gasteiger partial charge >= 0.3 is 0 Å². The van der Waals surface area contributed by atoms with Gasteiger partial charge in [0.2, 0.25) is 0 Å². The Balaban J connectivity index is 1.65. The first-order chi connectivity index (χ1) is 10.3. The molecule has 3 rings (SSSR count). The van der Waals surface area contributed by atoms with Gasteiger partial charge in [0.1, 0.15) is 6.26 Å². The van der Waals surface area contributed by atoms with E-state index in [1.54, 1.807) is 18.6 Å². The van der Waals surface area contributed by atoms with Gasteiger partial charge in [-0.1, -0.05) is 19.3 Å². The van der Waals surface area contributed by atoms with Crippen molar-refractivity contribution in [2.45, 2.75) is 38.5 Å². The van der Waals surface area contributed by atoms with Crippen molar-refractivity contribution in [1.82, 2.24) is 4.90 Å². The molecule has 0 bridgehead atoms. The molecule has 0 spiro atoms. The fraction of sp³-hybridized carbons (Fsp3) is 0.706. The van der Waals surface area contributed by atoms with E-state index >= 15 is 0 Å². The van der Waals surface area contributed by atoms with Crippen LogP contribution in [0.1, 0.15) is 48.9 Å². The summed E-state index contributed by atoms with van der Waals surface area (Å²) in [5, 5.41) is 0. The van der Waals surface area contributed by atoms with Crippen molar-refractivity contribution in [2.24, 2.45) is 11.8 Å². The molecule has 1 amide bonds. The molecule has 1 atom stereocenters. The Kier molecular flexibility index (Phi) is 4.96. The average molecular weight is 291 g/mol. The van der Waals surface area contributed by atoms with Crippen LogP contribution in [0.3, 0.4) is 0 Å². The smallest absolute Gasteiger partial charge is 0.257 e. The third kappa shape index (κ3) is 3.88. The number of ether oxygens (including phenoxy) is 1. The highest BCUT2D eigenvalue weighted by molar-refractivity contribution is 5.93. The van der Waals surface area contributed by atoms with Crippen LogP contribution >= 0.6 is 0 Å². The molecule has 21 heavy (non-hydrogen) atoms. The molecule has 0 N–H and O–H groups in total. The van der Waals surface area contributed by atoms with Crippen molar-refractivity contribution < 1.29 is 13.9 Å². The lowest BCUT2D eigenvalue weighted by Gasteiger charge is -2.31. The minimum atomic E-state index is 0.112. The molecule has 1 saturated carbocycles. The maximum Gasteiger partial charge on any atom is 0.257 e. The van der Waals surface area contributed by atoms with Gasteiger partial charge < -0.3 is 14.1 Å². The molecule has 4 nitrogen and oxygen atoms in total. The van der Waals surface area contributed by atoms with Gasteiger partial charge in [-0.05, 0) is 31.2 Å². The standard InChI is InChI=1S/C17H25NO3/c19-17(16-7-9-21-13-16)18(11-15-6-8-20-12-15)10-14-4-2-1-3-5-14/h7,9,13-15H,1-6,8,10-12H2/t15-/m0/s1. The fourth-order valence-corrected chi connectivity index (χ4v) is 3.53. The van der Waals surface area contributed by atoms with Crippen LogP contribution in [0.2, 0.25) is 0 Å². The number of hydrogen-bond donors (Lipinski definition) is 0. The van der Waals surface area contributed by atoms with Gasteiger partial charge in [-0.3, -0.25) is 4.79 Å². The minimum Gasteiger partial charge on any atom is -0.472 e. The van der Waals surface area contributed by atoms with E-state index in [1.807, 2.05) is 4.90 Å². The van der Waals surface area contributed by atoms with Crippen molar-refractivity contribution in [3.05, 3.63) is 24.2 Å². The Bertz CT molecular complexity index is 431. The second kappa shape index (κ2) is 7.12. The molecule has 2 heterocycles. The number of hydrogen-bond acceptors (Lipinski definition) is 3. The third-order valence-corrected chi connectivity index (χ3v) is 4.76. The Labute approximate surface area is 126 Å². The van der Waals surface area contributed by atoms with Gasteiger partial charge in [0.15, 0.2) is 0 Å². The maximum atomic E-state index is 12.7. The Morgan fingerprint density at radius 3 is 2.62 bits per heavy atom. The zero-order valence-corrected chi connectivity index (χ0v) is 12.6. The normalized spacial score (nSPS) is 23.3. The molecule has 2 aliphatic rings. The van der Waals surface area contributed by atoms with Crippen LogP contribution in [0.5, 0.6) is 0 Å². The van der Waals surface area contributed by atoms with Crippen LogP contribution in [0, 0.1) is 11.8 Å². The number of rotatable bonds is 5. The number of furan rings is 1. The summed E-state index contributed by atoms with van der Waals surface area (Å²) in [5.41, 5.74) is 0.671. The summed E-state index contributed by atoms with van der Waals surface area (Å²) >= 11 is 0. The van der Waals surface area contributed by atoms with Crippen molar-refractivity contribution >= 4 is 5.91 Å². The van der Waals surface area contributed by atoms with Crippen LogP contribution in [0.25, 0.3) is 0 Å². The first kappa shape index (κ1) is 14.6. The molecule has 0 aromatic carbocycles. The number of carbonyl (C=O) groups is 1. The predicted molar refractivity (Wildman–Crippen MR) is 80.1 cm³/mol. The SMILES string of the molecule is O=C(c1ccoc1)N(CC1CCCCC1)C[C@@H]1CCOC1. The summed E-state index contributed by atoms with van der Waals surface area (Å²) in [7, 11) is 0. The van der Waals surface area contributed by atoms with Gasteiger partial charge in [0.25, 0.3) is 5.91 Å². The Hall–Kier alpha value is -1.29. The highest BCUT2D eigenvalue weighted by Gasteiger charge is 2.26. The van der Waals surface area contributed by atoms with E-state index in [1.165, 1.54) is 32.1 Å². The van der Waals surface area contributed by atoms with E-state index in [4.69, 9.17) is 9.15 Å². The maximum absolute atomic E-state index is 12.7. The molecule has 0 unspecified atom stereocenters. The molecular weight excluding hydrogens is 266 g/mol. The fourth-order valence-electron chi connectivity index (χ4n) is 3.53. The average Bonchev–Trinajstić information content (AvgIpc) is 3.20. The monoisotopic (exact) mass is 291 g/mol. The molecular formula is C17H25NO3. The van der Waals surface area contributed by atoms with Gasteiger partial charge in [0.05, 0.1) is 18.4 Å². The van der Waals surface area contributed by atoms with Gasteiger partial charge in [-0.2, -0.15) is 0 Å². The Morgan fingerprint density at radius 1 is 1.14 bits per heavy atom. The molecule has 1 aromatic heterocycles. The predicted octanol–water partition coefficient (Wildman–Crippen LogP) is 3.34. The molecule has 4 heteroatoms. The van der Waals surface area contributed by atoms with E-state index in [9.17, 15) is 4.79 Å². The lowest BCUT2D eigenvalue weighted by Crippen LogP contribution is -2.39. The van der Waals surface area contributed by atoms with Crippen molar-refractivity contribution in [3.8, 4) is 0 Å². The quantitative estimate of drug-likeness (QED) is 0.835. The lowest BCUT2D eigenvalue weighted by molar-refractivity contribution is 0.0672. The summed E-state index contributed by atoms with van der Waals surface area (Å²) in [4.78, 5) is 14.7. The molecule has 1 aliphatic carbocycles. The molecule has 1 aliphatic heterocycles. The van der Waals surface area contributed by atoms with Gasteiger partial charge in [-0.15, -0.1) is 0 Å². The molecule has 2 fully saturated rings. The highest BCUT2D eigenvalue weighted by Crippen LogP contribution is 2.26. The van der Waals surface area contributed by atoms with E-state index in [0.29, 0.717) is 17.4 Å². The largest absolute Gasteiger partial charge is 0.472 e. The summed E-state index contributed by atoms with van der Waals surface area (Å²) in [6.07, 6.45) is 10.7. The first-order valence-corrected chi connectivity index (χ1v) is 8.22. The van der Waals surface area contributed by atoms with E-state index < -0.39 is 0 Å².